The zero-order chi connectivity index (χ0) is 13.9. The molecule has 0 aliphatic heterocycles. The first-order valence-corrected chi connectivity index (χ1v) is 7.50. The van der Waals surface area contributed by atoms with Gasteiger partial charge in [-0.1, -0.05) is 6.42 Å². The SMILES string of the molecule is Oc1ccc(/C=N/NC(=S)N[C@H]2C[C@@H]3CC[C@H]2C3)cc1. The van der Waals surface area contributed by atoms with Gasteiger partial charge in [-0.15, -0.1) is 0 Å². The number of hydrazone groups is 1. The third kappa shape index (κ3) is 3.10. The van der Waals surface area contributed by atoms with Crippen molar-refractivity contribution >= 4 is 23.5 Å². The quantitative estimate of drug-likeness (QED) is 0.454. The lowest BCUT2D eigenvalue weighted by Crippen LogP contribution is -2.42. The highest BCUT2D eigenvalue weighted by atomic mass is 32.1. The van der Waals surface area contributed by atoms with Crippen LogP contribution in [0.3, 0.4) is 0 Å². The highest BCUT2D eigenvalue weighted by Gasteiger charge is 2.39. The van der Waals surface area contributed by atoms with E-state index in [1.807, 2.05) is 0 Å². The Balaban J connectivity index is 1.46. The molecule has 0 amide bonds. The van der Waals surface area contributed by atoms with Gasteiger partial charge in [0.2, 0.25) is 0 Å². The van der Waals surface area contributed by atoms with Gasteiger partial charge < -0.3 is 10.4 Å². The summed E-state index contributed by atoms with van der Waals surface area (Å²) in [6.07, 6.45) is 7.02. The summed E-state index contributed by atoms with van der Waals surface area (Å²) < 4.78 is 0. The van der Waals surface area contributed by atoms with Crippen LogP contribution in [-0.4, -0.2) is 22.5 Å². The number of hydrogen-bond acceptors (Lipinski definition) is 3. The van der Waals surface area contributed by atoms with Crippen LogP contribution in [0.1, 0.15) is 31.2 Å². The van der Waals surface area contributed by atoms with Gasteiger partial charge in [-0.25, -0.2) is 0 Å². The summed E-state index contributed by atoms with van der Waals surface area (Å²) >= 11 is 5.27. The van der Waals surface area contributed by atoms with Gasteiger partial charge >= 0.3 is 0 Å². The minimum absolute atomic E-state index is 0.253. The zero-order valence-corrected chi connectivity index (χ0v) is 12.1. The molecule has 2 saturated carbocycles. The molecule has 2 aliphatic carbocycles. The van der Waals surface area contributed by atoms with Crippen LogP contribution in [0.25, 0.3) is 0 Å². The largest absolute Gasteiger partial charge is 0.508 e. The van der Waals surface area contributed by atoms with Crippen LogP contribution in [0, 0.1) is 11.8 Å². The van der Waals surface area contributed by atoms with E-state index < -0.39 is 0 Å². The number of thiocarbonyl (C=S) groups is 1. The Hall–Kier alpha value is -1.62. The predicted molar refractivity (Wildman–Crippen MR) is 83.8 cm³/mol. The van der Waals surface area contributed by atoms with E-state index in [4.69, 9.17) is 12.2 Å². The average Bonchev–Trinajstić information content (AvgIpc) is 3.03. The number of phenolic OH excluding ortho intramolecular Hbond substituents is 1. The van der Waals surface area contributed by atoms with Gasteiger partial charge in [0.15, 0.2) is 5.11 Å². The van der Waals surface area contributed by atoms with Gasteiger partial charge in [-0.2, -0.15) is 5.10 Å². The second-order valence-corrected chi connectivity index (χ2v) is 6.12. The standard InChI is InChI=1S/C15H19N3OS/c19-13-5-2-10(3-6-13)9-16-18-15(20)17-14-8-11-1-4-12(14)7-11/h2-3,5-6,9,11-12,14,19H,1,4,7-8H2,(H2,17,18,20)/b16-9+/t11-,12+,14+/m1/s1. The van der Waals surface area contributed by atoms with Crippen molar-refractivity contribution in [3.63, 3.8) is 0 Å². The molecule has 1 aromatic rings. The molecule has 2 aliphatic rings. The second-order valence-electron chi connectivity index (χ2n) is 5.72. The molecule has 0 radical (unpaired) electrons. The van der Waals surface area contributed by atoms with Crippen molar-refractivity contribution in [2.24, 2.45) is 16.9 Å². The average molecular weight is 289 g/mol. The second kappa shape index (κ2) is 5.79. The fraction of sp³-hybridized carbons (Fsp3) is 0.467. The van der Waals surface area contributed by atoms with Crippen LogP contribution in [0.2, 0.25) is 0 Å². The van der Waals surface area contributed by atoms with Gasteiger partial charge in [0.05, 0.1) is 6.21 Å². The maximum absolute atomic E-state index is 9.19. The van der Waals surface area contributed by atoms with Crippen molar-refractivity contribution < 1.29 is 5.11 Å². The summed E-state index contributed by atoms with van der Waals surface area (Å²) in [6.45, 7) is 0. The van der Waals surface area contributed by atoms with Crippen molar-refractivity contribution in [3.8, 4) is 5.75 Å². The summed E-state index contributed by atoms with van der Waals surface area (Å²) in [4.78, 5) is 0. The van der Waals surface area contributed by atoms with Crippen molar-refractivity contribution in [1.82, 2.24) is 10.7 Å². The molecule has 0 aromatic heterocycles. The number of hydrogen-bond donors (Lipinski definition) is 3. The van der Waals surface area contributed by atoms with Crippen molar-refractivity contribution in [2.75, 3.05) is 0 Å². The third-order valence-corrected chi connectivity index (χ3v) is 4.54. The van der Waals surface area contributed by atoms with E-state index >= 15 is 0 Å². The lowest BCUT2D eigenvalue weighted by molar-refractivity contribution is 0.389. The molecule has 3 atom stereocenters. The molecule has 3 rings (SSSR count). The van der Waals surface area contributed by atoms with Crippen LogP contribution in [0.15, 0.2) is 29.4 Å². The molecular weight excluding hydrogens is 270 g/mol. The smallest absolute Gasteiger partial charge is 0.187 e. The third-order valence-electron chi connectivity index (χ3n) is 4.33. The fourth-order valence-corrected chi connectivity index (χ4v) is 3.55. The summed E-state index contributed by atoms with van der Waals surface area (Å²) in [7, 11) is 0. The molecule has 5 heteroatoms. The van der Waals surface area contributed by atoms with Gasteiger partial charge in [-0.3, -0.25) is 5.43 Å². The first kappa shape index (κ1) is 13.4. The van der Waals surface area contributed by atoms with Crippen LogP contribution in [0.4, 0.5) is 0 Å². The summed E-state index contributed by atoms with van der Waals surface area (Å²) in [5.74, 6) is 1.95. The molecule has 4 nitrogen and oxygen atoms in total. The first-order chi connectivity index (χ1) is 9.70. The molecular formula is C15H19N3OS. The van der Waals surface area contributed by atoms with Crippen LogP contribution >= 0.6 is 12.2 Å². The molecule has 0 unspecified atom stereocenters. The van der Waals surface area contributed by atoms with Crippen LogP contribution < -0.4 is 10.7 Å². The molecule has 106 valence electrons. The van der Waals surface area contributed by atoms with E-state index in [1.54, 1.807) is 30.5 Å². The van der Waals surface area contributed by atoms with Gasteiger partial charge in [0, 0.05) is 6.04 Å². The molecule has 3 N–H and O–H groups in total. The lowest BCUT2D eigenvalue weighted by Gasteiger charge is -2.23. The van der Waals surface area contributed by atoms with Crippen LogP contribution in [-0.2, 0) is 0 Å². The molecule has 0 heterocycles. The predicted octanol–water partition coefficient (Wildman–Crippen LogP) is 2.38. The number of rotatable bonds is 3. The Bertz CT molecular complexity index is 514. The number of fused-ring (bicyclic) bond motifs is 2. The normalized spacial score (nSPS) is 27.9. The van der Waals surface area contributed by atoms with E-state index in [1.165, 1.54) is 25.7 Å². The molecule has 0 saturated heterocycles. The summed E-state index contributed by atoms with van der Waals surface area (Å²) in [6, 6.07) is 7.39. The van der Waals surface area contributed by atoms with Crippen molar-refractivity contribution in [3.05, 3.63) is 29.8 Å². The van der Waals surface area contributed by atoms with Crippen LogP contribution in [0.5, 0.6) is 5.75 Å². The Labute approximate surface area is 124 Å². The van der Waals surface area contributed by atoms with Gasteiger partial charge in [0.1, 0.15) is 5.75 Å². The number of nitrogens with one attached hydrogen (secondary N) is 2. The number of nitrogens with zero attached hydrogens (tertiary/aromatic N) is 1. The number of phenols is 1. The molecule has 2 fully saturated rings. The lowest BCUT2D eigenvalue weighted by atomic mass is 9.96. The monoisotopic (exact) mass is 289 g/mol. The maximum Gasteiger partial charge on any atom is 0.187 e. The molecule has 20 heavy (non-hydrogen) atoms. The van der Waals surface area contributed by atoms with E-state index in [0.717, 1.165) is 17.4 Å². The van der Waals surface area contributed by atoms with Gasteiger partial charge in [0.25, 0.3) is 0 Å². The van der Waals surface area contributed by atoms with E-state index in [9.17, 15) is 5.11 Å². The highest BCUT2D eigenvalue weighted by Crippen LogP contribution is 2.44. The zero-order valence-electron chi connectivity index (χ0n) is 11.2. The van der Waals surface area contributed by atoms with E-state index in [0.29, 0.717) is 11.2 Å². The van der Waals surface area contributed by atoms with E-state index in [2.05, 4.69) is 15.8 Å². The Kier molecular flexibility index (Phi) is 3.87. The molecule has 2 bridgehead atoms. The Morgan fingerprint density at radius 1 is 1.25 bits per heavy atom. The van der Waals surface area contributed by atoms with Crippen molar-refractivity contribution in [1.29, 1.82) is 0 Å². The minimum atomic E-state index is 0.253. The highest BCUT2D eigenvalue weighted by molar-refractivity contribution is 7.80. The fourth-order valence-electron chi connectivity index (χ4n) is 3.35. The molecule has 1 aromatic carbocycles. The maximum atomic E-state index is 9.19. The Morgan fingerprint density at radius 3 is 2.70 bits per heavy atom. The number of benzene rings is 1. The minimum Gasteiger partial charge on any atom is -0.508 e. The van der Waals surface area contributed by atoms with Crippen molar-refractivity contribution in [2.45, 2.75) is 31.7 Å². The number of aromatic hydroxyl groups is 1. The summed E-state index contributed by atoms with van der Waals surface area (Å²) in [5, 5.41) is 17.3. The molecule has 0 spiro atoms. The van der Waals surface area contributed by atoms with Gasteiger partial charge in [-0.05, 0) is 73.1 Å². The summed E-state index contributed by atoms with van der Waals surface area (Å²) in [5.41, 5.74) is 3.77. The Morgan fingerprint density at radius 2 is 2.05 bits per heavy atom. The topological polar surface area (TPSA) is 56.7 Å². The first-order valence-electron chi connectivity index (χ1n) is 7.09. The van der Waals surface area contributed by atoms with E-state index in [-0.39, 0.29) is 5.75 Å².